The van der Waals surface area contributed by atoms with Crippen molar-refractivity contribution in [3.63, 3.8) is 0 Å². The zero-order valence-corrected chi connectivity index (χ0v) is 16.6. The van der Waals surface area contributed by atoms with Gasteiger partial charge < -0.3 is 14.0 Å². The highest BCUT2D eigenvalue weighted by molar-refractivity contribution is 5.77. The number of nitrogens with zero attached hydrogens (tertiary/aromatic N) is 5. The number of aromatic nitrogens is 4. The molecule has 2 aromatic rings. The fraction of sp³-hybridized carbons (Fsp3) is 0.700. The molecule has 7 nitrogen and oxygen atoms in total. The summed E-state index contributed by atoms with van der Waals surface area (Å²) in [6.45, 7) is 5.46. The number of carbonyl (C=O) groups excluding carboxylic acids is 1. The van der Waals surface area contributed by atoms with Gasteiger partial charge in [-0.05, 0) is 38.5 Å². The molecule has 1 aliphatic heterocycles. The maximum atomic E-state index is 13.0. The molecular formula is C20H29N5O2. The molecule has 0 aromatic carbocycles. The van der Waals surface area contributed by atoms with Crippen molar-refractivity contribution in [3.8, 4) is 0 Å². The number of carbonyl (C=O) groups is 1. The summed E-state index contributed by atoms with van der Waals surface area (Å²) >= 11 is 0. The summed E-state index contributed by atoms with van der Waals surface area (Å²) in [4.78, 5) is 15.1. The first-order valence-corrected chi connectivity index (χ1v) is 10.0. The second-order valence-electron chi connectivity index (χ2n) is 8.35. The zero-order chi connectivity index (χ0) is 19.0. The van der Waals surface area contributed by atoms with Gasteiger partial charge in [-0.2, -0.15) is 0 Å². The van der Waals surface area contributed by atoms with Crippen LogP contribution in [0.4, 0.5) is 0 Å². The van der Waals surface area contributed by atoms with Gasteiger partial charge in [0.1, 0.15) is 17.9 Å². The summed E-state index contributed by atoms with van der Waals surface area (Å²) in [5, 5.41) is 12.5. The zero-order valence-electron chi connectivity index (χ0n) is 16.6. The minimum absolute atomic E-state index is 0.164. The summed E-state index contributed by atoms with van der Waals surface area (Å²) in [5.41, 5.74) is 2.12. The van der Waals surface area contributed by atoms with Crippen molar-refractivity contribution in [1.29, 1.82) is 0 Å². The van der Waals surface area contributed by atoms with Crippen LogP contribution in [0, 0.1) is 19.3 Å². The number of hydrogen-bond acceptors (Lipinski definition) is 5. The number of aryl methyl sites for hydroxylation is 3. The Morgan fingerprint density at radius 3 is 2.70 bits per heavy atom. The van der Waals surface area contributed by atoms with E-state index in [9.17, 15) is 4.79 Å². The van der Waals surface area contributed by atoms with Crippen LogP contribution in [0.5, 0.6) is 0 Å². The fourth-order valence-corrected chi connectivity index (χ4v) is 5.13. The molecule has 7 heteroatoms. The van der Waals surface area contributed by atoms with Crippen molar-refractivity contribution in [2.24, 2.45) is 12.5 Å². The Morgan fingerprint density at radius 2 is 2.07 bits per heavy atom. The van der Waals surface area contributed by atoms with Crippen LogP contribution in [0.3, 0.4) is 0 Å². The standard InChI is InChI=1S/C20H29N5O2/c1-14-16(15(2)27-23-14)7-8-18(26)25-11-17(19-22-21-13-24(19)3)20(12-25)9-5-4-6-10-20/h13,17H,4-12H2,1-3H3. The molecule has 1 amide bonds. The van der Waals surface area contributed by atoms with Crippen LogP contribution in [0.2, 0.25) is 0 Å². The lowest BCUT2D eigenvalue weighted by Gasteiger charge is -2.37. The molecule has 1 aliphatic carbocycles. The first-order valence-electron chi connectivity index (χ1n) is 10.0. The molecule has 0 radical (unpaired) electrons. The summed E-state index contributed by atoms with van der Waals surface area (Å²) in [6.07, 6.45) is 9.12. The lowest BCUT2D eigenvalue weighted by atomic mass is 9.67. The molecule has 146 valence electrons. The van der Waals surface area contributed by atoms with Crippen LogP contribution in [0.15, 0.2) is 10.9 Å². The number of hydrogen-bond donors (Lipinski definition) is 0. The second-order valence-corrected chi connectivity index (χ2v) is 8.35. The number of likely N-dealkylation sites (tertiary alicyclic amines) is 1. The lowest BCUT2D eigenvalue weighted by molar-refractivity contribution is -0.130. The van der Waals surface area contributed by atoms with E-state index >= 15 is 0 Å². The van der Waals surface area contributed by atoms with E-state index in [-0.39, 0.29) is 17.2 Å². The molecule has 3 heterocycles. The Morgan fingerprint density at radius 1 is 1.30 bits per heavy atom. The van der Waals surface area contributed by atoms with Crippen molar-refractivity contribution in [3.05, 3.63) is 29.2 Å². The van der Waals surface area contributed by atoms with Gasteiger partial charge in [0.05, 0.1) is 5.69 Å². The molecule has 1 spiro atoms. The molecular weight excluding hydrogens is 342 g/mol. The molecule has 27 heavy (non-hydrogen) atoms. The Labute approximate surface area is 160 Å². The topological polar surface area (TPSA) is 77.1 Å². The van der Waals surface area contributed by atoms with Crippen LogP contribution >= 0.6 is 0 Å². The first kappa shape index (κ1) is 18.2. The summed E-state index contributed by atoms with van der Waals surface area (Å²) < 4.78 is 7.26. The maximum absolute atomic E-state index is 13.0. The molecule has 4 rings (SSSR count). The van der Waals surface area contributed by atoms with E-state index in [1.807, 2.05) is 25.5 Å². The van der Waals surface area contributed by atoms with E-state index < -0.39 is 0 Å². The average Bonchev–Trinajstić information content (AvgIpc) is 3.32. The van der Waals surface area contributed by atoms with E-state index in [2.05, 4.69) is 20.3 Å². The summed E-state index contributed by atoms with van der Waals surface area (Å²) in [7, 11) is 2.01. The highest BCUT2D eigenvalue weighted by Gasteiger charge is 2.50. The van der Waals surface area contributed by atoms with Gasteiger partial charge in [-0.1, -0.05) is 24.4 Å². The smallest absolute Gasteiger partial charge is 0.222 e. The van der Waals surface area contributed by atoms with Crippen molar-refractivity contribution in [1.82, 2.24) is 24.8 Å². The summed E-state index contributed by atoms with van der Waals surface area (Å²) in [5.74, 6) is 2.36. The normalized spacial score (nSPS) is 21.9. The third-order valence-electron chi connectivity index (χ3n) is 6.68. The van der Waals surface area contributed by atoms with Crippen LogP contribution in [0.1, 0.15) is 67.3 Å². The molecule has 2 aromatic heterocycles. The molecule has 1 saturated heterocycles. The molecule has 0 N–H and O–H groups in total. The SMILES string of the molecule is Cc1noc(C)c1CCC(=O)N1CC(c2nncn2C)C2(CCCCC2)C1. The minimum atomic E-state index is 0.164. The Balaban J connectivity index is 1.50. The predicted octanol–water partition coefficient (Wildman–Crippen LogP) is 2.93. The van der Waals surface area contributed by atoms with Gasteiger partial charge in [0, 0.05) is 38.0 Å². The maximum Gasteiger partial charge on any atom is 0.222 e. The van der Waals surface area contributed by atoms with Crippen molar-refractivity contribution >= 4 is 5.91 Å². The van der Waals surface area contributed by atoms with Crippen molar-refractivity contribution in [2.45, 2.75) is 64.7 Å². The third-order valence-corrected chi connectivity index (χ3v) is 6.68. The highest BCUT2D eigenvalue weighted by atomic mass is 16.5. The van der Waals surface area contributed by atoms with E-state index in [0.717, 1.165) is 35.9 Å². The Bertz CT molecular complexity index is 799. The number of amides is 1. The van der Waals surface area contributed by atoms with Crippen molar-refractivity contribution in [2.75, 3.05) is 13.1 Å². The van der Waals surface area contributed by atoms with Gasteiger partial charge in [-0.3, -0.25) is 4.79 Å². The lowest BCUT2D eigenvalue weighted by Crippen LogP contribution is -2.34. The van der Waals surface area contributed by atoms with Gasteiger partial charge in [0.15, 0.2) is 0 Å². The second kappa shape index (κ2) is 7.09. The van der Waals surface area contributed by atoms with Crippen molar-refractivity contribution < 1.29 is 9.32 Å². The van der Waals surface area contributed by atoms with Gasteiger partial charge in [0.25, 0.3) is 0 Å². The quantitative estimate of drug-likeness (QED) is 0.826. The van der Waals surface area contributed by atoms with E-state index in [1.165, 1.54) is 32.1 Å². The first-order chi connectivity index (χ1) is 13.0. The van der Waals surface area contributed by atoms with E-state index in [4.69, 9.17) is 4.52 Å². The minimum Gasteiger partial charge on any atom is -0.361 e. The van der Waals surface area contributed by atoms with Crippen LogP contribution < -0.4 is 0 Å². The molecule has 0 bridgehead atoms. The third kappa shape index (κ3) is 3.28. The van der Waals surface area contributed by atoms with E-state index in [0.29, 0.717) is 12.8 Å². The van der Waals surface area contributed by atoms with Crippen LogP contribution in [-0.4, -0.2) is 43.8 Å². The predicted molar refractivity (Wildman–Crippen MR) is 100 cm³/mol. The average molecular weight is 371 g/mol. The fourth-order valence-electron chi connectivity index (χ4n) is 5.13. The Hall–Kier alpha value is -2.18. The monoisotopic (exact) mass is 371 g/mol. The molecule has 2 aliphatic rings. The number of rotatable bonds is 4. The molecule has 1 unspecified atom stereocenters. The largest absolute Gasteiger partial charge is 0.361 e. The molecule has 2 fully saturated rings. The van der Waals surface area contributed by atoms with Crippen LogP contribution in [-0.2, 0) is 18.3 Å². The Kier molecular flexibility index (Phi) is 4.78. The van der Waals surface area contributed by atoms with Crippen LogP contribution in [0.25, 0.3) is 0 Å². The highest BCUT2D eigenvalue weighted by Crippen LogP contribution is 2.51. The molecule has 1 saturated carbocycles. The summed E-state index contributed by atoms with van der Waals surface area (Å²) in [6, 6.07) is 0. The van der Waals surface area contributed by atoms with Gasteiger partial charge >= 0.3 is 0 Å². The van der Waals surface area contributed by atoms with Gasteiger partial charge in [-0.25, -0.2) is 0 Å². The van der Waals surface area contributed by atoms with Gasteiger partial charge in [-0.15, -0.1) is 10.2 Å². The molecule has 1 atom stereocenters. The van der Waals surface area contributed by atoms with E-state index in [1.54, 1.807) is 6.33 Å². The van der Waals surface area contributed by atoms with Gasteiger partial charge in [0.2, 0.25) is 5.91 Å².